The first-order valence-corrected chi connectivity index (χ1v) is 6.91. The van der Waals surface area contributed by atoms with Crippen molar-refractivity contribution in [1.29, 1.82) is 0 Å². The summed E-state index contributed by atoms with van der Waals surface area (Å²) < 4.78 is 15.8. The maximum atomic E-state index is 11.6. The van der Waals surface area contributed by atoms with Crippen molar-refractivity contribution in [3.05, 3.63) is 23.8 Å². The van der Waals surface area contributed by atoms with E-state index >= 15 is 0 Å². The number of morpholine rings is 1. The second kappa shape index (κ2) is 7.28. The minimum atomic E-state index is -0.832. The number of carbonyl (C=O) groups is 1. The van der Waals surface area contributed by atoms with E-state index in [1.165, 1.54) is 0 Å². The van der Waals surface area contributed by atoms with Crippen LogP contribution in [0.5, 0.6) is 11.5 Å². The van der Waals surface area contributed by atoms with E-state index < -0.39 is 12.0 Å². The quantitative estimate of drug-likeness (QED) is 0.845. The number of aliphatic carboxylic acids is 1. The van der Waals surface area contributed by atoms with Gasteiger partial charge in [0.1, 0.15) is 17.5 Å². The van der Waals surface area contributed by atoms with E-state index in [1.807, 2.05) is 11.0 Å². The van der Waals surface area contributed by atoms with Crippen LogP contribution in [-0.4, -0.2) is 62.5 Å². The molecule has 1 atom stereocenters. The number of carboxylic acid groups (broad SMARTS) is 1. The van der Waals surface area contributed by atoms with Gasteiger partial charge in [0.15, 0.2) is 0 Å². The third kappa shape index (κ3) is 3.86. The summed E-state index contributed by atoms with van der Waals surface area (Å²) in [5, 5.41) is 9.52. The summed E-state index contributed by atoms with van der Waals surface area (Å²) in [5.74, 6) is 0.536. The largest absolute Gasteiger partial charge is 0.497 e. The minimum Gasteiger partial charge on any atom is -0.497 e. The van der Waals surface area contributed by atoms with Gasteiger partial charge in [0, 0.05) is 19.5 Å². The van der Waals surface area contributed by atoms with E-state index in [0.717, 1.165) is 5.56 Å². The molecule has 1 aromatic carbocycles. The van der Waals surface area contributed by atoms with Crippen molar-refractivity contribution < 1.29 is 24.1 Å². The second-order valence-electron chi connectivity index (χ2n) is 4.88. The first kappa shape index (κ1) is 15.6. The van der Waals surface area contributed by atoms with Gasteiger partial charge in [0.05, 0.1) is 27.4 Å². The van der Waals surface area contributed by atoms with Gasteiger partial charge in [-0.25, -0.2) is 0 Å². The third-order valence-corrected chi connectivity index (χ3v) is 3.67. The molecule has 21 heavy (non-hydrogen) atoms. The van der Waals surface area contributed by atoms with Gasteiger partial charge in [0.25, 0.3) is 0 Å². The fourth-order valence-corrected chi connectivity index (χ4v) is 2.51. The molecule has 1 aliphatic heterocycles. The second-order valence-corrected chi connectivity index (χ2v) is 4.88. The minimum absolute atomic E-state index is 0.371. The van der Waals surface area contributed by atoms with E-state index in [-0.39, 0.29) is 0 Å². The summed E-state index contributed by atoms with van der Waals surface area (Å²) in [6.45, 7) is 2.39. The molecular formula is C15H21NO5. The Balaban J connectivity index is 2.21. The summed E-state index contributed by atoms with van der Waals surface area (Å²) in [4.78, 5) is 13.5. The van der Waals surface area contributed by atoms with Crippen LogP contribution in [0.3, 0.4) is 0 Å². The van der Waals surface area contributed by atoms with E-state index in [2.05, 4.69) is 0 Å². The Kier molecular flexibility index (Phi) is 5.41. The third-order valence-electron chi connectivity index (χ3n) is 3.67. The Hall–Kier alpha value is -1.79. The normalized spacial score (nSPS) is 17.2. The average molecular weight is 295 g/mol. The molecule has 0 spiro atoms. The Morgan fingerprint density at radius 1 is 1.33 bits per heavy atom. The van der Waals surface area contributed by atoms with Crippen molar-refractivity contribution in [3.63, 3.8) is 0 Å². The van der Waals surface area contributed by atoms with Crippen molar-refractivity contribution in [3.8, 4) is 11.5 Å². The Morgan fingerprint density at radius 2 is 2.05 bits per heavy atom. The summed E-state index contributed by atoms with van der Waals surface area (Å²) in [5.41, 5.74) is 0.829. The molecule has 1 aliphatic rings. The highest BCUT2D eigenvalue weighted by Crippen LogP contribution is 2.26. The van der Waals surface area contributed by atoms with Crippen LogP contribution in [0, 0.1) is 0 Å². The van der Waals surface area contributed by atoms with E-state index in [1.54, 1.807) is 26.4 Å². The Bertz CT molecular complexity index is 485. The lowest BCUT2D eigenvalue weighted by molar-refractivity contribution is -0.145. The molecule has 1 heterocycles. The highest BCUT2D eigenvalue weighted by Gasteiger charge is 2.28. The highest BCUT2D eigenvalue weighted by atomic mass is 16.5. The molecule has 0 radical (unpaired) electrons. The van der Waals surface area contributed by atoms with Crippen molar-refractivity contribution in [2.75, 3.05) is 40.5 Å². The number of rotatable bonds is 6. The van der Waals surface area contributed by atoms with Gasteiger partial charge in [-0.15, -0.1) is 0 Å². The number of methoxy groups -OCH3 is 2. The summed E-state index contributed by atoms with van der Waals surface area (Å²) in [6.07, 6.45) is 0.371. The molecule has 0 bridgehead atoms. The van der Waals surface area contributed by atoms with Gasteiger partial charge >= 0.3 is 5.97 Å². The zero-order chi connectivity index (χ0) is 15.2. The number of carboxylic acids is 1. The van der Waals surface area contributed by atoms with E-state index in [9.17, 15) is 9.90 Å². The van der Waals surface area contributed by atoms with Crippen LogP contribution in [0.1, 0.15) is 5.56 Å². The summed E-state index contributed by atoms with van der Waals surface area (Å²) in [7, 11) is 3.16. The van der Waals surface area contributed by atoms with Crippen LogP contribution in [0.15, 0.2) is 18.2 Å². The fourth-order valence-electron chi connectivity index (χ4n) is 2.51. The molecule has 1 N–H and O–H groups in total. The predicted octanol–water partition coefficient (Wildman–Crippen LogP) is 1.03. The molecule has 1 fully saturated rings. The number of ether oxygens (including phenoxy) is 3. The van der Waals surface area contributed by atoms with E-state index in [4.69, 9.17) is 14.2 Å². The Labute approximate surface area is 124 Å². The molecule has 116 valence electrons. The molecule has 1 saturated heterocycles. The lowest BCUT2D eigenvalue weighted by Gasteiger charge is -2.32. The maximum absolute atomic E-state index is 11.6. The van der Waals surface area contributed by atoms with Crippen LogP contribution in [0.4, 0.5) is 0 Å². The van der Waals surface area contributed by atoms with Crippen LogP contribution in [-0.2, 0) is 16.0 Å². The van der Waals surface area contributed by atoms with Gasteiger partial charge in [-0.05, 0) is 23.8 Å². The average Bonchev–Trinajstić information content (AvgIpc) is 2.52. The number of hydrogen-bond acceptors (Lipinski definition) is 5. The van der Waals surface area contributed by atoms with Crippen molar-refractivity contribution in [1.82, 2.24) is 4.90 Å². The topological polar surface area (TPSA) is 68.2 Å². The maximum Gasteiger partial charge on any atom is 0.321 e. The number of hydrogen-bond donors (Lipinski definition) is 1. The lowest BCUT2D eigenvalue weighted by atomic mass is 10.0. The van der Waals surface area contributed by atoms with Crippen LogP contribution in [0.25, 0.3) is 0 Å². The standard InChI is InChI=1S/C15H21NO5/c1-19-12-3-4-14(20-2)11(9-12)10-13(15(17)18)16-5-7-21-8-6-16/h3-4,9,13H,5-8,10H2,1-2H3,(H,17,18). The van der Waals surface area contributed by atoms with Crippen molar-refractivity contribution in [2.24, 2.45) is 0 Å². The smallest absolute Gasteiger partial charge is 0.321 e. The Morgan fingerprint density at radius 3 is 2.62 bits per heavy atom. The van der Waals surface area contributed by atoms with Gasteiger partial charge in [0.2, 0.25) is 0 Å². The predicted molar refractivity (Wildman–Crippen MR) is 77.1 cm³/mol. The van der Waals surface area contributed by atoms with Crippen LogP contribution >= 0.6 is 0 Å². The van der Waals surface area contributed by atoms with E-state index in [0.29, 0.717) is 44.2 Å². The monoisotopic (exact) mass is 295 g/mol. The summed E-state index contributed by atoms with van der Waals surface area (Å²) >= 11 is 0. The molecule has 1 unspecified atom stereocenters. The highest BCUT2D eigenvalue weighted by molar-refractivity contribution is 5.74. The SMILES string of the molecule is COc1ccc(OC)c(CC(C(=O)O)N2CCOCC2)c1. The molecule has 0 saturated carbocycles. The molecule has 0 amide bonds. The zero-order valence-corrected chi connectivity index (χ0v) is 12.4. The van der Waals surface area contributed by atoms with Crippen LogP contribution < -0.4 is 9.47 Å². The van der Waals surface area contributed by atoms with Gasteiger partial charge in [-0.2, -0.15) is 0 Å². The molecule has 1 aromatic rings. The molecule has 2 rings (SSSR count). The number of benzene rings is 1. The lowest BCUT2D eigenvalue weighted by Crippen LogP contribution is -2.48. The summed E-state index contributed by atoms with van der Waals surface area (Å²) in [6, 6.07) is 4.84. The molecule has 0 aromatic heterocycles. The van der Waals surface area contributed by atoms with Gasteiger partial charge in [-0.3, -0.25) is 9.69 Å². The van der Waals surface area contributed by atoms with Crippen molar-refractivity contribution >= 4 is 5.97 Å². The van der Waals surface area contributed by atoms with Gasteiger partial charge < -0.3 is 19.3 Å². The van der Waals surface area contributed by atoms with Crippen LogP contribution in [0.2, 0.25) is 0 Å². The van der Waals surface area contributed by atoms with Gasteiger partial charge in [-0.1, -0.05) is 0 Å². The zero-order valence-electron chi connectivity index (χ0n) is 12.4. The first-order chi connectivity index (χ1) is 10.2. The number of nitrogens with zero attached hydrogens (tertiary/aromatic N) is 1. The molecule has 6 nitrogen and oxygen atoms in total. The van der Waals surface area contributed by atoms with Crippen molar-refractivity contribution in [2.45, 2.75) is 12.5 Å². The molecular weight excluding hydrogens is 274 g/mol. The molecule has 6 heteroatoms. The molecule has 0 aliphatic carbocycles. The first-order valence-electron chi connectivity index (χ1n) is 6.91. The fraction of sp³-hybridized carbons (Fsp3) is 0.533.